The maximum atomic E-state index is 4.55. The molecule has 1 saturated carbocycles. The van der Waals surface area contributed by atoms with E-state index >= 15 is 0 Å². The number of pyridine rings is 1. The number of hydrogen-bond acceptors (Lipinski definition) is 3. The maximum absolute atomic E-state index is 4.55. The quantitative estimate of drug-likeness (QED) is 0.674. The Hall–Kier alpha value is -1.23. The molecule has 0 unspecified atom stereocenters. The minimum atomic E-state index is 0.482. The molecule has 5 heteroatoms. The van der Waals surface area contributed by atoms with Crippen molar-refractivity contribution in [3.05, 3.63) is 29.6 Å². The average Bonchev–Trinajstić information content (AvgIpc) is 2.61. The zero-order valence-electron chi connectivity index (χ0n) is 15.1. The van der Waals surface area contributed by atoms with Gasteiger partial charge in [0.05, 0.1) is 0 Å². The van der Waals surface area contributed by atoms with E-state index in [0.29, 0.717) is 4.75 Å². The molecule has 2 aliphatic rings. The van der Waals surface area contributed by atoms with E-state index in [2.05, 4.69) is 44.9 Å². The predicted molar refractivity (Wildman–Crippen MR) is 104 cm³/mol. The van der Waals surface area contributed by atoms with E-state index in [1.165, 1.54) is 49.0 Å². The summed E-state index contributed by atoms with van der Waals surface area (Å²) in [5.74, 6) is 2.30. The van der Waals surface area contributed by atoms with E-state index in [0.717, 1.165) is 32.0 Å². The molecule has 1 aromatic rings. The summed E-state index contributed by atoms with van der Waals surface area (Å²) in [6, 6.07) is 2.12. The van der Waals surface area contributed by atoms with Crippen LogP contribution in [-0.2, 0) is 6.42 Å². The van der Waals surface area contributed by atoms with Gasteiger partial charge in [-0.3, -0.25) is 9.98 Å². The van der Waals surface area contributed by atoms with Gasteiger partial charge in [0.1, 0.15) is 0 Å². The van der Waals surface area contributed by atoms with Crippen LogP contribution in [0.15, 0.2) is 23.5 Å². The molecule has 132 valence electrons. The third-order valence-corrected chi connectivity index (χ3v) is 6.87. The second kappa shape index (κ2) is 8.24. The van der Waals surface area contributed by atoms with Crippen molar-refractivity contribution in [2.45, 2.75) is 50.2 Å². The summed E-state index contributed by atoms with van der Waals surface area (Å²) in [5, 5.41) is 3.58. The van der Waals surface area contributed by atoms with Gasteiger partial charge in [-0.1, -0.05) is 19.3 Å². The number of rotatable bonds is 3. The van der Waals surface area contributed by atoms with E-state index in [1.54, 1.807) is 0 Å². The highest BCUT2D eigenvalue weighted by Gasteiger charge is 2.38. The smallest absolute Gasteiger partial charge is 0.193 e. The van der Waals surface area contributed by atoms with E-state index in [-0.39, 0.29) is 0 Å². The first-order valence-electron chi connectivity index (χ1n) is 9.21. The zero-order chi connectivity index (χ0) is 16.8. The lowest BCUT2D eigenvalue weighted by Crippen LogP contribution is -2.53. The highest BCUT2D eigenvalue weighted by atomic mass is 32.2. The first-order chi connectivity index (χ1) is 11.7. The van der Waals surface area contributed by atoms with Crippen molar-refractivity contribution in [3.8, 4) is 0 Å². The molecule has 4 nitrogen and oxygen atoms in total. The van der Waals surface area contributed by atoms with Gasteiger partial charge in [0.15, 0.2) is 5.96 Å². The lowest BCUT2D eigenvalue weighted by molar-refractivity contribution is 0.293. The number of aromatic nitrogens is 1. The number of guanidine groups is 1. The Morgan fingerprint density at radius 3 is 2.96 bits per heavy atom. The second-order valence-corrected chi connectivity index (χ2v) is 8.60. The van der Waals surface area contributed by atoms with Gasteiger partial charge in [-0.05, 0) is 43.4 Å². The predicted octanol–water partition coefficient (Wildman–Crippen LogP) is 3.26. The fourth-order valence-corrected chi connectivity index (χ4v) is 5.52. The normalized spacial score (nSPS) is 21.1. The Bertz CT molecular complexity index is 561. The number of aliphatic imine (C=N–C) groups is 1. The molecular weight excluding hydrogens is 316 g/mol. The molecule has 3 rings (SSSR count). The number of thioether (sulfide) groups is 1. The van der Waals surface area contributed by atoms with Gasteiger partial charge in [0.2, 0.25) is 0 Å². The molecule has 0 atom stereocenters. The fourth-order valence-electron chi connectivity index (χ4n) is 3.95. The fraction of sp³-hybridized carbons (Fsp3) is 0.684. The van der Waals surface area contributed by atoms with Crippen LogP contribution in [0.2, 0.25) is 0 Å². The summed E-state index contributed by atoms with van der Waals surface area (Å²) in [5.41, 5.74) is 2.63. The van der Waals surface area contributed by atoms with Crippen LogP contribution in [0.5, 0.6) is 0 Å². The highest BCUT2D eigenvalue weighted by Crippen LogP contribution is 2.42. The second-order valence-electron chi connectivity index (χ2n) is 7.04. The van der Waals surface area contributed by atoms with E-state index in [9.17, 15) is 0 Å². The molecule has 2 fully saturated rings. The molecule has 1 spiro atoms. The van der Waals surface area contributed by atoms with Crippen molar-refractivity contribution in [1.82, 2.24) is 15.2 Å². The summed E-state index contributed by atoms with van der Waals surface area (Å²) < 4.78 is 0.482. The van der Waals surface area contributed by atoms with Gasteiger partial charge in [0.25, 0.3) is 0 Å². The largest absolute Gasteiger partial charge is 0.356 e. The molecular formula is C19H30N4S. The van der Waals surface area contributed by atoms with Crippen LogP contribution < -0.4 is 5.32 Å². The third kappa shape index (κ3) is 4.24. The van der Waals surface area contributed by atoms with E-state index in [1.807, 2.05) is 19.4 Å². The van der Waals surface area contributed by atoms with Gasteiger partial charge < -0.3 is 10.2 Å². The van der Waals surface area contributed by atoms with Gasteiger partial charge in [-0.15, -0.1) is 0 Å². The summed E-state index contributed by atoms with van der Waals surface area (Å²) in [7, 11) is 1.91. The standard InChI is InChI=1S/C19H30N4S/c1-16-14-21-10-6-17(16)7-11-22-18(20-2)23-12-13-24-19(15-23)8-4-3-5-9-19/h6,10,14H,3-5,7-9,11-13,15H2,1-2H3,(H,20,22). The molecule has 1 aromatic heterocycles. The van der Waals surface area contributed by atoms with Crippen LogP contribution in [0.1, 0.15) is 43.2 Å². The number of nitrogens with zero attached hydrogens (tertiary/aromatic N) is 3. The van der Waals surface area contributed by atoms with Gasteiger partial charge in [0, 0.05) is 49.6 Å². The molecule has 0 bridgehead atoms. The van der Waals surface area contributed by atoms with Crippen molar-refractivity contribution in [3.63, 3.8) is 0 Å². The van der Waals surface area contributed by atoms with Crippen LogP contribution in [0, 0.1) is 6.92 Å². The lowest BCUT2D eigenvalue weighted by atomic mass is 9.87. The highest BCUT2D eigenvalue weighted by molar-refractivity contribution is 8.00. The van der Waals surface area contributed by atoms with Crippen LogP contribution in [0.3, 0.4) is 0 Å². The Kier molecular flexibility index (Phi) is 6.04. The molecule has 1 aliphatic heterocycles. The number of aryl methyl sites for hydroxylation is 1. The molecule has 2 heterocycles. The van der Waals surface area contributed by atoms with Crippen molar-refractivity contribution in [2.75, 3.05) is 32.4 Å². The minimum absolute atomic E-state index is 0.482. The van der Waals surface area contributed by atoms with Crippen molar-refractivity contribution in [2.24, 2.45) is 4.99 Å². The van der Waals surface area contributed by atoms with Crippen LogP contribution >= 0.6 is 11.8 Å². The molecule has 0 aromatic carbocycles. The lowest BCUT2D eigenvalue weighted by Gasteiger charge is -2.45. The molecule has 24 heavy (non-hydrogen) atoms. The first kappa shape index (κ1) is 17.6. The monoisotopic (exact) mass is 346 g/mol. The van der Waals surface area contributed by atoms with Crippen molar-refractivity contribution in [1.29, 1.82) is 0 Å². The number of nitrogens with one attached hydrogen (secondary N) is 1. The van der Waals surface area contributed by atoms with E-state index < -0.39 is 0 Å². The number of hydrogen-bond donors (Lipinski definition) is 1. The average molecular weight is 347 g/mol. The SMILES string of the molecule is CN=C(NCCc1ccncc1C)N1CCSC2(CCCCC2)C1. The molecule has 0 radical (unpaired) electrons. The third-order valence-electron chi connectivity index (χ3n) is 5.34. The van der Waals surface area contributed by atoms with Gasteiger partial charge in [-0.25, -0.2) is 0 Å². The summed E-state index contributed by atoms with van der Waals surface area (Å²) in [6.07, 6.45) is 11.8. The summed E-state index contributed by atoms with van der Waals surface area (Å²) >= 11 is 2.21. The minimum Gasteiger partial charge on any atom is -0.356 e. The maximum Gasteiger partial charge on any atom is 0.193 e. The Morgan fingerprint density at radius 1 is 1.38 bits per heavy atom. The van der Waals surface area contributed by atoms with Crippen LogP contribution in [0.4, 0.5) is 0 Å². The topological polar surface area (TPSA) is 40.5 Å². The first-order valence-corrected chi connectivity index (χ1v) is 10.2. The van der Waals surface area contributed by atoms with Crippen molar-refractivity contribution < 1.29 is 0 Å². The van der Waals surface area contributed by atoms with Gasteiger partial charge in [-0.2, -0.15) is 11.8 Å². The van der Waals surface area contributed by atoms with Gasteiger partial charge >= 0.3 is 0 Å². The van der Waals surface area contributed by atoms with Crippen LogP contribution in [-0.4, -0.2) is 53.0 Å². The van der Waals surface area contributed by atoms with Crippen molar-refractivity contribution >= 4 is 17.7 Å². The molecule has 1 N–H and O–H groups in total. The van der Waals surface area contributed by atoms with E-state index in [4.69, 9.17) is 0 Å². The van der Waals surface area contributed by atoms with Crippen LogP contribution in [0.25, 0.3) is 0 Å². The zero-order valence-corrected chi connectivity index (χ0v) is 15.9. The molecule has 0 amide bonds. The Labute approximate surface area is 150 Å². The molecule has 1 aliphatic carbocycles. The summed E-state index contributed by atoms with van der Waals surface area (Å²) in [6.45, 7) is 5.33. The Morgan fingerprint density at radius 2 is 2.21 bits per heavy atom. The molecule has 1 saturated heterocycles. The summed E-state index contributed by atoms with van der Waals surface area (Å²) in [4.78, 5) is 11.2. The Balaban J connectivity index is 1.55.